The van der Waals surface area contributed by atoms with Gasteiger partial charge in [0.15, 0.2) is 0 Å². The second-order valence-electron chi connectivity index (χ2n) is 4.73. The van der Waals surface area contributed by atoms with Crippen molar-refractivity contribution in [1.82, 2.24) is 4.98 Å². The van der Waals surface area contributed by atoms with Crippen LogP contribution in [0.1, 0.15) is 35.2 Å². The number of pyridine rings is 1. The van der Waals surface area contributed by atoms with E-state index in [2.05, 4.69) is 56.1 Å². The van der Waals surface area contributed by atoms with Gasteiger partial charge in [-0.2, -0.15) is 0 Å². The van der Waals surface area contributed by atoms with Crippen LogP contribution >= 0.6 is 0 Å². The van der Waals surface area contributed by atoms with Crippen molar-refractivity contribution in [2.45, 2.75) is 33.1 Å². The van der Waals surface area contributed by atoms with Crippen molar-refractivity contribution >= 4 is 0 Å². The maximum Gasteiger partial charge on any atom is 0.0438 e. The van der Waals surface area contributed by atoms with Crippen LogP contribution in [0.2, 0.25) is 0 Å². The van der Waals surface area contributed by atoms with Gasteiger partial charge in [0.25, 0.3) is 0 Å². The van der Waals surface area contributed by atoms with Crippen molar-refractivity contribution in [3.05, 3.63) is 65.0 Å². The molecule has 0 amide bonds. The molecular formula is C16H19N. The first-order valence-corrected chi connectivity index (χ1v) is 6.14. The van der Waals surface area contributed by atoms with Crippen molar-refractivity contribution in [2.24, 2.45) is 0 Å². The van der Waals surface area contributed by atoms with E-state index in [0.29, 0.717) is 5.92 Å². The lowest BCUT2D eigenvalue weighted by Gasteiger charge is -2.15. The average Bonchev–Trinajstić information content (AvgIpc) is 2.32. The molecule has 0 unspecified atom stereocenters. The van der Waals surface area contributed by atoms with Crippen LogP contribution in [0.3, 0.4) is 0 Å². The van der Waals surface area contributed by atoms with E-state index in [1.807, 2.05) is 12.3 Å². The summed E-state index contributed by atoms with van der Waals surface area (Å²) in [5.74, 6) is 0.518. The van der Waals surface area contributed by atoms with Gasteiger partial charge in [-0.1, -0.05) is 37.3 Å². The van der Waals surface area contributed by atoms with Crippen molar-refractivity contribution < 1.29 is 0 Å². The zero-order valence-electron chi connectivity index (χ0n) is 10.8. The molecule has 1 heteroatoms. The Labute approximate surface area is 104 Å². The summed E-state index contributed by atoms with van der Waals surface area (Å²) < 4.78 is 0. The highest BCUT2D eigenvalue weighted by Gasteiger charge is 2.10. The number of nitrogens with zero attached hydrogens (tertiary/aromatic N) is 1. The quantitative estimate of drug-likeness (QED) is 0.768. The minimum Gasteiger partial charge on any atom is -0.261 e. The number of rotatable bonds is 3. The molecule has 0 radical (unpaired) electrons. The highest BCUT2D eigenvalue weighted by Crippen LogP contribution is 2.23. The molecule has 17 heavy (non-hydrogen) atoms. The topological polar surface area (TPSA) is 12.9 Å². The Kier molecular flexibility index (Phi) is 3.58. The molecule has 0 N–H and O–H groups in total. The van der Waals surface area contributed by atoms with E-state index in [0.717, 1.165) is 6.42 Å². The largest absolute Gasteiger partial charge is 0.261 e. The van der Waals surface area contributed by atoms with Crippen LogP contribution < -0.4 is 0 Å². The molecule has 0 fully saturated rings. The summed E-state index contributed by atoms with van der Waals surface area (Å²) in [4.78, 5) is 4.47. The van der Waals surface area contributed by atoms with Crippen LogP contribution in [0, 0.1) is 13.8 Å². The lowest BCUT2D eigenvalue weighted by atomic mass is 9.91. The van der Waals surface area contributed by atoms with Gasteiger partial charge in [0.05, 0.1) is 0 Å². The van der Waals surface area contributed by atoms with Crippen LogP contribution in [0.5, 0.6) is 0 Å². The van der Waals surface area contributed by atoms with Gasteiger partial charge in [-0.3, -0.25) is 4.98 Å². The standard InChI is InChI=1S/C16H19N/c1-12-7-4-5-9-15(12)14(3)11-16-13(2)8-6-10-17-16/h4-10,14H,11H2,1-3H3/t14-/m0/s1. The third-order valence-electron chi connectivity index (χ3n) is 3.34. The molecule has 88 valence electrons. The van der Waals surface area contributed by atoms with Gasteiger partial charge in [-0.05, 0) is 48.9 Å². The molecule has 0 aliphatic carbocycles. The molecule has 0 saturated heterocycles. The first kappa shape index (κ1) is 11.8. The van der Waals surface area contributed by atoms with Gasteiger partial charge < -0.3 is 0 Å². The SMILES string of the molecule is Cc1ccccc1[C@@H](C)Cc1ncccc1C. The minimum absolute atomic E-state index is 0.518. The van der Waals surface area contributed by atoms with Crippen molar-refractivity contribution in [3.63, 3.8) is 0 Å². The lowest BCUT2D eigenvalue weighted by molar-refractivity contribution is 0.731. The summed E-state index contributed by atoms with van der Waals surface area (Å²) >= 11 is 0. The molecule has 1 aromatic heterocycles. The molecular weight excluding hydrogens is 206 g/mol. The second kappa shape index (κ2) is 5.13. The van der Waals surface area contributed by atoms with E-state index >= 15 is 0 Å². The van der Waals surface area contributed by atoms with Crippen LogP contribution in [0.4, 0.5) is 0 Å². The van der Waals surface area contributed by atoms with E-state index in [9.17, 15) is 0 Å². The third-order valence-corrected chi connectivity index (χ3v) is 3.34. The van der Waals surface area contributed by atoms with Crippen molar-refractivity contribution in [1.29, 1.82) is 0 Å². The molecule has 1 aromatic carbocycles. The lowest BCUT2D eigenvalue weighted by Crippen LogP contribution is -2.03. The van der Waals surface area contributed by atoms with Crippen LogP contribution in [0.15, 0.2) is 42.6 Å². The number of benzene rings is 1. The highest BCUT2D eigenvalue weighted by molar-refractivity contribution is 5.30. The zero-order chi connectivity index (χ0) is 12.3. The van der Waals surface area contributed by atoms with Gasteiger partial charge in [0, 0.05) is 11.9 Å². The first-order chi connectivity index (χ1) is 8.18. The Morgan fingerprint density at radius 3 is 2.41 bits per heavy atom. The summed E-state index contributed by atoms with van der Waals surface area (Å²) in [6.45, 7) is 6.58. The fourth-order valence-electron chi connectivity index (χ4n) is 2.27. The molecule has 1 heterocycles. The Bertz CT molecular complexity index is 502. The predicted molar refractivity (Wildman–Crippen MR) is 72.3 cm³/mol. The second-order valence-corrected chi connectivity index (χ2v) is 4.73. The van der Waals surface area contributed by atoms with Crippen LogP contribution in [0.25, 0.3) is 0 Å². The molecule has 1 atom stereocenters. The zero-order valence-corrected chi connectivity index (χ0v) is 10.8. The van der Waals surface area contributed by atoms with E-state index < -0.39 is 0 Å². The summed E-state index contributed by atoms with van der Waals surface area (Å²) in [7, 11) is 0. The highest BCUT2D eigenvalue weighted by atomic mass is 14.7. The molecule has 0 saturated carbocycles. The van der Waals surface area contributed by atoms with Gasteiger partial charge >= 0.3 is 0 Å². The molecule has 2 aromatic rings. The van der Waals surface area contributed by atoms with E-state index in [-0.39, 0.29) is 0 Å². The summed E-state index contributed by atoms with van der Waals surface area (Å²) in [5.41, 5.74) is 5.29. The predicted octanol–water partition coefficient (Wildman–Crippen LogP) is 4.04. The van der Waals surface area contributed by atoms with Gasteiger partial charge in [0.1, 0.15) is 0 Å². The van der Waals surface area contributed by atoms with Crippen LogP contribution in [-0.4, -0.2) is 4.98 Å². The number of aromatic nitrogens is 1. The third kappa shape index (κ3) is 2.73. The minimum atomic E-state index is 0.518. The number of aryl methyl sites for hydroxylation is 2. The van der Waals surface area contributed by atoms with Crippen molar-refractivity contribution in [3.8, 4) is 0 Å². The Balaban J connectivity index is 2.20. The van der Waals surface area contributed by atoms with Gasteiger partial charge in [-0.15, -0.1) is 0 Å². The fourth-order valence-corrected chi connectivity index (χ4v) is 2.27. The average molecular weight is 225 g/mol. The normalized spacial score (nSPS) is 12.4. The maximum absolute atomic E-state index is 4.47. The maximum atomic E-state index is 4.47. The van der Waals surface area contributed by atoms with E-state index in [1.165, 1.54) is 22.4 Å². The van der Waals surface area contributed by atoms with Crippen molar-refractivity contribution in [2.75, 3.05) is 0 Å². The molecule has 2 rings (SSSR count). The van der Waals surface area contributed by atoms with Crippen LogP contribution in [-0.2, 0) is 6.42 Å². The smallest absolute Gasteiger partial charge is 0.0438 e. The van der Waals surface area contributed by atoms with Gasteiger partial charge in [0.2, 0.25) is 0 Å². The molecule has 0 aliphatic rings. The Hall–Kier alpha value is -1.63. The van der Waals surface area contributed by atoms with E-state index in [1.54, 1.807) is 0 Å². The monoisotopic (exact) mass is 225 g/mol. The van der Waals surface area contributed by atoms with Gasteiger partial charge in [-0.25, -0.2) is 0 Å². The molecule has 0 spiro atoms. The molecule has 0 aliphatic heterocycles. The summed E-state index contributed by atoms with van der Waals surface area (Å²) in [6.07, 6.45) is 2.89. The summed E-state index contributed by atoms with van der Waals surface area (Å²) in [6, 6.07) is 12.7. The Morgan fingerprint density at radius 2 is 1.71 bits per heavy atom. The summed E-state index contributed by atoms with van der Waals surface area (Å²) in [5, 5.41) is 0. The number of hydrogen-bond donors (Lipinski definition) is 0. The fraction of sp³-hybridized carbons (Fsp3) is 0.312. The van der Waals surface area contributed by atoms with E-state index in [4.69, 9.17) is 0 Å². The first-order valence-electron chi connectivity index (χ1n) is 6.14. The molecule has 0 bridgehead atoms. The number of hydrogen-bond acceptors (Lipinski definition) is 1. The molecule has 1 nitrogen and oxygen atoms in total. The Morgan fingerprint density at radius 1 is 1.00 bits per heavy atom.